The Bertz CT molecular complexity index is 605. The second-order valence-electron chi connectivity index (χ2n) is 6.74. The van der Waals surface area contributed by atoms with Crippen molar-refractivity contribution < 1.29 is 9.18 Å². The van der Waals surface area contributed by atoms with E-state index in [1.165, 1.54) is 12.1 Å². The summed E-state index contributed by atoms with van der Waals surface area (Å²) < 4.78 is 13.2. The number of rotatable bonds is 9. The maximum Gasteiger partial charge on any atom is 0.223 e. The molecule has 0 aromatic heterocycles. The highest BCUT2D eigenvalue weighted by atomic mass is 127. The Labute approximate surface area is 178 Å². The maximum absolute atomic E-state index is 13.2. The van der Waals surface area contributed by atoms with E-state index in [2.05, 4.69) is 25.8 Å². The highest BCUT2D eigenvalue weighted by Gasteiger charge is 2.28. The van der Waals surface area contributed by atoms with Crippen LogP contribution in [0.2, 0.25) is 0 Å². The van der Waals surface area contributed by atoms with Crippen LogP contribution in [0.1, 0.15) is 31.4 Å². The molecule has 0 spiro atoms. The summed E-state index contributed by atoms with van der Waals surface area (Å²) >= 11 is 0. The smallest absolute Gasteiger partial charge is 0.223 e. The highest BCUT2D eigenvalue weighted by Crippen LogP contribution is 2.28. The van der Waals surface area contributed by atoms with Crippen molar-refractivity contribution >= 4 is 35.8 Å². The Morgan fingerprint density at radius 1 is 1.19 bits per heavy atom. The van der Waals surface area contributed by atoms with E-state index >= 15 is 0 Å². The van der Waals surface area contributed by atoms with Gasteiger partial charge in [0.2, 0.25) is 5.91 Å². The number of aliphatic imine (C=N–C) groups is 1. The zero-order valence-corrected chi connectivity index (χ0v) is 18.6. The molecule has 0 aliphatic heterocycles. The molecule has 0 radical (unpaired) electrons. The van der Waals surface area contributed by atoms with Crippen LogP contribution in [0.5, 0.6) is 0 Å². The van der Waals surface area contributed by atoms with Gasteiger partial charge in [-0.1, -0.05) is 12.1 Å². The topological polar surface area (TPSA) is 68.8 Å². The van der Waals surface area contributed by atoms with Crippen molar-refractivity contribution in [2.45, 2.75) is 25.8 Å². The summed E-state index contributed by atoms with van der Waals surface area (Å²) in [5, 5.41) is 9.37. The quantitative estimate of drug-likeness (QED) is 0.214. The van der Waals surface area contributed by atoms with Gasteiger partial charge in [-0.2, -0.15) is 0 Å². The molecule has 2 rings (SSSR count). The van der Waals surface area contributed by atoms with E-state index in [9.17, 15) is 9.18 Å². The van der Waals surface area contributed by atoms with Crippen LogP contribution in [0.4, 0.5) is 4.39 Å². The zero-order chi connectivity index (χ0) is 18.9. The first-order valence-electron chi connectivity index (χ1n) is 9.23. The molecule has 0 saturated heterocycles. The highest BCUT2D eigenvalue weighted by molar-refractivity contribution is 14.0. The molecule has 8 heteroatoms. The van der Waals surface area contributed by atoms with E-state index in [0.717, 1.165) is 24.9 Å². The van der Waals surface area contributed by atoms with Crippen molar-refractivity contribution in [3.05, 3.63) is 35.6 Å². The fraction of sp³-hybridized carbons (Fsp3) is 0.579. The summed E-state index contributed by atoms with van der Waals surface area (Å²) in [4.78, 5) is 18.3. The lowest BCUT2D eigenvalue weighted by molar-refractivity contribution is -0.122. The molecule has 27 heavy (non-hydrogen) atoms. The van der Waals surface area contributed by atoms with E-state index in [1.54, 1.807) is 12.1 Å². The fourth-order valence-electron chi connectivity index (χ4n) is 2.63. The molecule has 1 amide bonds. The first kappa shape index (κ1) is 23.6. The molecular formula is C19H31FIN5O. The minimum atomic E-state index is -0.238. The largest absolute Gasteiger partial charge is 0.357 e. The molecule has 1 aromatic carbocycles. The first-order chi connectivity index (χ1) is 12.5. The van der Waals surface area contributed by atoms with Crippen LogP contribution in [-0.4, -0.2) is 57.0 Å². The van der Waals surface area contributed by atoms with Crippen LogP contribution in [0.3, 0.4) is 0 Å². The molecule has 0 bridgehead atoms. The van der Waals surface area contributed by atoms with Gasteiger partial charge in [0.1, 0.15) is 5.82 Å². The van der Waals surface area contributed by atoms with Gasteiger partial charge in [-0.25, -0.2) is 4.39 Å². The molecule has 1 saturated carbocycles. The van der Waals surface area contributed by atoms with Gasteiger partial charge in [-0.15, -0.1) is 24.0 Å². The summed E-state index contributed by atoms with van der Waals surface area (Å²) in [5.41, 5.74) is 1.02. The standard InChI is InChI=1S/C19H30FN5O.HI/c1-4-21-19(23-12-11-22-18(26)15-5-6-15)24-13-17(25(2)3)14-7-9-16(20)10-8-14;/h7-10,15,17H,4-6,11-13H2,1-3H3,(H,22,26)(H2,21,23,24);1H. The molecule has 1 aliphatic carbocycles. The van der Waals surface area contributed by atoms with E-state index < -0.39 is 0 Å². The minimum absolute atomic E-state index is 0. The third-order valence-electron chi connectivity index (χ3n) is 4.31. The van der Waals surface area contributed by atoms with E-state index in [0.29, 0.717) is 25.6 Å². The number of likely N-dealkylation sites (N-methyl/N-ethyl adjacent to an activating group) is 1. The van der Waals surface area contributed by atoms with Crippen molar-refractivity contribution in [3.8, 4) is 0 Å². The van der Waals surface area contributed by atoms with Crippen LogP contribution < -0.4 is 16.0 Å². The van der Waals surface area contributed by atoms with Gasteiger partial charge in [-0.05, 0) is 51.6 Å². The van der Waals surface area contributed by atoms with Gasteiger partial charge in [0.05, 0.1) is 12.6 Å². The number of benzene rings is 1. The predicted octanol–water partition coefficient (Wildman–Crippen LogP) is 2.13. The zero-order valence-electron chi connectivity index (χ0n) is 16.3. The lowest BCUT2D eigenvalue weighted by Gasteiger charge is -2.23. The van der Waals surface area contributed by atoms with Crippen molar-refractivity contribution in [1.29, 1.82) is 0 Å². The Morgan fingerprint density at radius 3 is 2.37 bits per heavy atom. The van der Waals surface area contributed by atoms with Crippen molar-refractivity contribution in [1.82, 2.24) is 20.9 Å². The average molecular weight is 491 g/mol. The summed E-state index contributed by atoms with van der Waals surface area (Å²) in [6, 6.07) is 6.59. The number of guanidine groups is 1. The van der Waals surface area contributed by atoms with Gasteiger partial charge in [-0.3, -0.25) is 9.79 Å². The number of nitrogens with one attached hydrogen (secondary N) is 3. The van der Waals surface area contributed by atoms with Gasteiger partial charge < -0.3 is 20.9 Å². The molecule has 3 N–H and O–H groups in total. The van der Waals surface area contributed by atoms with Gasteiger partial charge in [0, 0.05) is 25.6 Å². The summed E-state index contributed by atoms with van der Waals surface area (Å²) in [7, 11) is 3.97. The van der Waals surface area contributed by atoms with Crippen molar-refractivity contribution in [2.24, 2.45) is 10.9 Å². The molecule has 1 aromatic rings. The number of hydrogen-bond acceptors (Lipinski definition) is 3. The molecule has 6 nitrogen and oxygen atoms in total. The molecule has 0 heterocycles. The number of carbonyl (C=O) groups is 1. The number of carbonyl (C=O) groups excluding carboxylic acids is 1. The Kier molecular flexibility index (Phi) is 10.6. The third kappa shape index (κ3) is 8.42. The van der Waals surface area contributed by atoms with E-state index in [4.69, 9.17) is 0 Å². The molecule has 1 fully saturated rings. The third-order valence-corrected chi connectivity index (χ3v) is 4.31. The van der Waals surface area contributed by atoms with Crippen molar-refractivity contribution in [2.75, 3.05) is 40.3 Å². The normalized spacial score (nSPS) is 15.1. The monoisotopic (exact) mass is 491 g/mol. The lowest BCUT2D eigenvalue weighted by atomic mass is 10.1. The molecular weight excluding hydrogens is 460 g/mol. The second kappa shape index (κ2) is 12.1. The van der Waals surface area contributed by atoms with E-state index in [1.807, 2.05) is 21.0 Å². The molecule has 1 atom stereocenters. The minimum Gasteiger partial charge on any atom is -0.357 e. The fourth-order valence-corrected chi connectivity index (χ4v) is 2.63. The van der Waals surface area contributed by atoms with E-state index in [-0.39, 0.29) is 47.7 Å². The molecule has 1 unspecified atom stereocenters. The average Bonchev–Trinajstić information content (AvgIpc) is 3.45. The van der Waals surface area contributed by atoms with Crippen LogP contribution in [0.15, 0.2) is 29.3 Å². The number of hydrogen-bond donors (Lipinski definition) is 3. The predicted molar refractivity (Wildman–Crippen MR) is 118 cm³/mol. The van der Waals surface area contributed by atoms with Crippen LogP contribution in [0.25, 0.3) is 0 Å². The Hall–Kier alpha value is -1.42. The second-order valence-corrected chi connectivity index (χ2v) is 6.74. The Morgan fingerprint density at radius 2 is 1.81 bits per heavy atom. The summed E-state index contributed by atoms with van der Waals surface area (Å²) in [6.07, 6.45) is 2.03. The summed E-state index contributed by atoms with van der Waals surface area (Å²) in [6.45, 7) is 4.50. The first-order valence-corrected chi connectivity index (χ1v) is 9.23. The van der Waals surface area contributed by atoms with Crippen LogP contribution in [0, 0.1) is 11.7 Å². The van der Waals surface area contributed by atoms with Gasteiger partial charge in [0.25, 0.3) is 0 Å². The van der Waals surface area contributed by atoms with Gasteiger partial charge in [0.15, 0.2) is 5.96 Å². The van der Waals surface area contributed by atoms with Gasteiger partial charge >= 0.3 is 0 Å². The van der Waals surface area contributed by atoms with Crippen LogP contribution in [-0.2, 0) is 4.79 Å². The molecule has 1 aliphatic rings. The SMILES string of the molecule is CCNC(=NCC(c1ccc(F)cc1)N(C)C)NCCNC(=O)C1CC1.I. The Balaban J connectivity index is 0.00000364. The number of amides is 1. The summed E-state index contributed by atoms with van der Waals surface area (Å²) in [5.74, 6) is 0.853. The maximum atomic E-state index is 13.2. The van der Waals surface area contributed by atoms with Crippen molar-refractivity contribution in [3.63, 3.8) is 0 Å². The number of halogens is 2. The lowest BCUT2D eigenvalue weighted by Crippen LogP contribution is -2.42. The number of nitrogens with zero attached hydrogens (tertiary/aromatic N) is 2. The van der Waals surface area contributed by atoms with Crippen LogP contribution >= 0.6 is 24.0 Å². The molecule has 152 valence electrons.